The standard InChI is InChI=1S/C25H27NO4/c1-5-29-22-9-7-21(8-10-22)26-25(27)19-6-11-24(28-4)20(15-19)16-30-23-13-17(2)12-18(3)14-23/h6-15H,5,16H2,1-4H3,(H,26,27). The molecular weight excluding hydrogens is 378 g/mol. The van der Waals surface area contributed by atoms with E-state index in [1.54, 1.807) is 25.3 Å². The van der Waals surface area contributed by atoms with Crippen LogP contribution in [0.4, 0.5) is 5.69 Å². The highest BCUT2D eigenvalue weighted by atomic mass is 16.5. The average Bonchev–Trinajstić information content (AvgIpc) is 2.73. The zero-order valence-electron chi connectivity index (χ0n) is 17.8. The third-order valence-electron chi connectivity index (χ3n) is 4.56. The van der Waals surface area contributed by atoms with Gasteiger partial charge >= 0.3 is 0 Å². The molecule has 0 saturated heterocycles. The van der Waals surface area contributed by atoms with Crippen molar-refractivity contribution < 1.29 is 19.0 Å². The predicted molar refractivity (Wildman–Crippen MR) is 119 cm³/mol. The maximum absolute atomic E-state index is 12.7. The Bertz CT molecular complexity index is 992. The lowest BCUT2D eigenvalue weighted by Crippen LogP contribution is -2.13. The van der Waals surface area contributed by atoms with Gasteiger partial charge in [-0.3, -0.25) is 4.79 Å². The van der Waals surface area contributed by atoms with Crippen LogP contribution in [0.3, 0.4) is 0 Å². The largest absolute Gasteiger partial charge is 0.496 e. The molecule has 1 N–H and O–H groups in total. The quantitative estimate of drug-likeness (QED) is 0.534. The van der Waals surface area contributed by atoms with Gasteiger partial charge in [-0.15, -0.1) is 0 Å². The summed E-state index contributed by atoms with van der Waals surface area (Å²) in [5.41, 5.74) is 4.31. The number of amides is 1. The first kappa shape index (κ1) is 21.2. The highest BCUT2D eigenvalue weighted by molar-refractivity contribution is 6.04. The lowest BCUT2D eigenvalue weighted by Gasteiger charge is -2.13. The molecule has 0 bridgehead atoms. The van der Waals surface area contributed by atoms with E-state index >= 15 is 0 Å². The first-order chi connectivity index (χ1) is 14.5. The number of hydrogen-bond acceptors (Lipinski definition) is 4. The van der Waals surface area contributed by atoms with Gasteiger partial charge in [-0.05, 0) is 86.5 Å². The number of methoxy groups -OCH3 is 1. The zero-order valence-corrected chi connectivity index (χ0v) is 17.8. The van der Waals surface area contributed by atoms with Crippen LogP contribution in [-0.4, -0.2) is 19.6 Å². The molecule has 3 aromatic rings. The van der Waals surface area contributed by atoms with Gasteiger partial charge in [-0.2, -0.15) is 0 Å². The van der Waals surface area contributed by atoms with Gasteiger partial charge < -0.3 is 19.5 Å². The summed E-state index contributed by atoms with van der Waals surface area (Å²) < 4.78 is 16.8. The molecule has 0 aliphatic carbocycles. The minimum absolute atomic E-state index is 0.200. The smallest absolute Gasteiger partial charge is 0.255 e. The fourth-order valence-corrected chi connectivity index (χ4v) is 3.21. The second kappa shape index (κ2) is 9.83. The maximum Gasteiger partial charge on any atom is 0.255 e. The summed E-state index contributed by atoms with van der Waals surface area (Å²) in [4.78, 5) is 12.7. The van der Waals surface area contributed by atoms with Crippen LogP contribution in [0.25, 0.3) is 0 Å². The molecular formula is C25H27NO4. The minimum atomic E-state index is -0.200. The van der Waals surface area contributed by atoms with Crippen LogP contribution in [0.2, 0.25) is 0 Å². The monoisotopic (exact) mass is 405 g/mol. The van der Waals surface area contributed by atoms with Gasteiger partial charge in [0.25, 0.3) is 5.91 Å². The van der Waals surface area contributed by atoms with Crippen molar-refractivity contribution in [3.05, 3.63) is 82.9 Å². The van der Waals surface area contributed by atoms with Crippen LogP contribution >= 0.6 is 0 Å². The van der Waals surface area contributed by atoms with Crippen LogP contribution in [0.15, 0.2) is 60.7 Å². The predicted octanol–water partition coefficient (Wildman–Crippen LogP) is 5.54. The molecule has 0 radical (unpaired) electrons. The molecule has 5 nitrogen and oxygen atoms in total. The zero-order chi connectivity index (χ0) is 21.5. The SMILES string of the molecule is CCOc1ccc(NC(=O)c2ccc(OC)c(COc3cc(C)cc(C)c3)c2)cc1. The van der Waals surface area contributed by atoms with E-state index in [9.17, 15) is 4.79 Å². The number of aryl methyl sites for hydroxylation is 2. The molecule has 0 aromatic heterocycles. The molecule has 0 heterocycles. The first-order valence-corrected chi connectivity index (χ1v) is 9.90. The van der Waals surface area contributed by atoms with Gasteiger partial charge in [0.2, 0.25) is 0 Å². The molecule has 156 valence electrons. The Hall–Kier alpha value is -3.47. The van der Waals surface area contributed by atoms with E-state index < -0.39 is 0 Å². The molecule has 3 rings (SSSR count). The van der Waals surface area contributed by atoms with Crippen LogP contribution in [-0.2, 0) is 6.61 Å². The Morgan fingerprint density at radius 3 is 2.20 bits per heavy atom. The van der Waals surface area contributed by atoms with Gasteiger partial charge in [0.05, 0.1) is 13.7 Å². The normalized spacial score (nSPS) is 10.4. The van der Waals surface area contributed by atoms with Crippen molar-refractivity contribution in [3.8, 4) is 17.2 Å². The Morgan fingerprint density at radius 1 is 0.867 bits per heavy atom. The lowest BCUT2D eigenvalue weighted by atomic mass is 10.1. The summed E-state index contributed by atoms with van der Waals surface area (Å²) in [5, 5.41) is 2.90. The van der Waals surface area contributed by atoms with Crippen LogP contribution < -0.4 is 19.5 Å². The number of rotatable bonds is 8. The summed E-state index contributed by atoms with van der Waals surface area (Å²) >= 11 is 0. The highest BCUT2D eigenvalue weighted by Crippen LogP contribution is 2.24. The Labute approximate surface area is 177 Å². The van der Waals surface area contributed by atoms with Gasteiger partial charge in [0.1, 0.15) is 23.9 Å². The van der Waals surface area contributed by atoms with Crippen molar-refractivity contribution in [2.45, 2.75) is 27.4 Å². The third-order valence-corrected chi connectivity index (χ3v) is 4.56. The molecule has 0 spiro atoms. The Kier molecular flexibility index (Phi) is 6.96. The molecule has 1 amide bonds. The topological polar surface area (TPSA) is 56.8 Å². The van der Waals surface area contributed by atoms with E-state index in [1.807, 2.05) is 57.2 Å². The van der Waals surface area contributed by atoms with E-state index in [1.165, 1.54) is 0 Å². The summed E-state index contributed by atoms with van der Waals surface area (Å²) in [5.74, 6) is 2.04. The second-order valence-electron chi connectivity index (χ2n) is 7.05. The van der Waals surface area contributed by atoms with Gasteiger partial charge in [-0.1, -0.05) is 6.07 Å². The second-order valence-corrected chi connectivity index (χ2v) is 7.05. The van der Waals surface area contributed by atoms with E-state index in [2.05, 4.69) is 11.4 Å². The van der Waals surface area contributed by atoms with Gasteiger partial charge in [-0.25, -0.2) is 0 Å². The van der Waals surface area contributed by atoms with Crippen LogP contribution in [0.5, 0.6) is 17.2 Å². The molecule has 3 aromatic carbocycles. The van der Waals surface area contributed by atoms with Crippen molar-refractivity contribution in [2.75, 3.05) is 19.0 Å². The summed E-state index contributed by atoms with van der Waals surface area (Å²) in [6.45, 7) is 6.90. The number of anilines is 1. The molecule has 0 fully saturated rings. The lowest BCUT2D eigenvalue weighted by molar-refractivity contribution is 0.102. The van der Waals surface area contributed by atoms with E-state index in [-0.39, 0.29) is 5.91 Å². The summed E-state index contributed by atoms with van der Waals surface area (Å²) in [6.07, 6.45) is 0. The minimum Gasteiger partial charge on any atom is -0.496 e. The van der Waals surface area contributed by atoms with Crippen LogP contribution in [0, 0.1) is 13.8 Å². The third kappa shape index (κ3) is 5.54. The molecule has 5 heteroatoms. The number of benzene rings is 3. The average molecular weight is 405 g/mol. The maximum atomic E-state index is 12.7. The van der Waals surface area contributed by atoms with Crippen molar-refractivity contribution in [3.63, 3.8) is 0 Å². The molecule has 30 heavy (non-hydrogen) atoms. The number of nitrogens with one attached hydrogen (secondary N) is 1. The summed E-state index contributed by atoms with van der Waals surface area (Å²) in [6, 6.07) is 18.7. The summed E-state index contributed by atoms with van der Waals surface area (Å²) in [7, 11) is 1.61. The molecule has 0 unspecified atom stereocenters. The van der Waals surface area contributed by atoms with E-state index in [4.69, 9.17) is 14.2 Å². The van der Waals surface area contributed by atoms with Crippen molar-refractivity contribution >= 4 is 11.6 Å². The Balaban J connectivity index is 1.73. The fourth-order valence-electron chi connectivity index (χ4n) is 3.21. The molecule has 0 atom stereocenters. The van der Waals surface area contributed by atoms with Crippen LogP contribution in [0.1, 0.15) is 34.0 Å². The van der Waals surface area contributed by atoms with Gasteiger partial charge in [0, 0.05) is 16.8 Å². The van der Waals surface area contributed by atoms with Crippen molar-refractivity contribution in [2.24, 2.45) is 0 Å². The molecule has 0 aliphatic heterocycles. The van der Waals surface area contributed by atoms with E-state index in [0.29, 0.717) is 30.2 Å². The number of ether oxygens (including phenoxy) is 3. The molecule has 0 saturated carbocycles. The molecule has 0 aliphatic rings. The van der Waals surface area contributed by atoms with Gasteiger partial charge in [0.15, 0.2) is 0 Å². The van der Waals surface area contributed by atoms with Crippen molar-refractivity contribution in [1.82, 2.24) is 0 Å². The highest BCUT2D eigenvalue weighted by Gasteiger charge is 2.12. The van der Waals surface area contributed by atoms with Crippen molar-refractivity contribution in [1.29, 1.82) is 0 Å². The number of hydrogen-bond donors (Lipinski definition) is 1. The number of carbonyl (C=O) groups excluding carboxylic acids is 1. The van der Waals surface area contributed by atoms with E-state index in [0.717, 1.165) is 28.2 Å². The first-order valence-electron chi connectivity index (χ1n) is 9.90. The fraction of sp³-hybridized carbons (Fsp3) is 0.240. The Morgan fingerprint density at radius 2 is 1.57 bits per heavy atom. The number of carbonyl (C=O) groups is 1.